The van der Waals surface area contributed by atoms with Crippen LogP contribution < -0.4 is 4.90 Å². The summed E-state index contributed by atoms with van der Waals surface area (Å²) < 4.78 is 0. The van der Waals surface area contributed by atoms with E-state index in [1.807, 2.05) is 0 Å². The minimum Gasteiger partial charge on any atom is -0.357 e. The summed E-state index contributed by atoms with van der Waals surface area (Å²) >= 11 is 0. The third kappa shape index (κ3) is 5.22. The molecule has 0 spiro atoms. The molecule has 1 heteroatoms. The van der Waals surface area contributed by atoms with Crippen LogP contribution in [0.3, 0.4) is 0 Å². The molecule has 238 valence electrons. The van der Waals surface area contributed by atoms with Gasteiger partial charge in [0, 0.05) is 17.5 Å². The van der Waals surface area contributed by atoms with E-state index in [1.54, 1.807) is 44.6 Å². The SMILES string of the molecule is C1=CC2C(CC=CC2N(c2ccccc2)C2C=CC=C3C(C4=CCCC5=C4CCCC5)=CCCC32)C(c2cccc3c2CCCC3)=C1. The van der Waals surface area contributed by atoms with Gasteiger partial charge in [0.1, 0.15) is 0 Å². The molecule has 0 aliphatic heterocycles. The Morgan fingerprint density at radius 1 is 0.617 bits per heavy atom. The Morgan fingerprint density at radius 3 is 2.40 bits per heavy atom. The molecule has 2 aromatic rings. The Kier molecular flexibility index (Phi) is 7.88. The molecule has 47 heavy (non-hydrogen) atoms. The second kappa shape index (κ2) is 12.6. The zero-order valence-corrected chi connectivity index (χ0v) is 27.9. The van der Waals surface area contributed by atoms with Crippen molar-refractivity contribution in [1.29, 1.82) is 0 Å². The predicted octanol–water partition coefficient (Wildman–Crippen LogP) is 11.4. The largest absolute Gasteiger partial charge is 0.357 e. The van der Waals surface area contributed by atoms with Crippen LogP contribution in [0, 0.1) is 17.8 Å². The highest BCUT2D eigenvalue weighted by molar-refractivity contribution is 5.75. The van der Waals surface area contributed by atoms with Gasteiger partial charge in [0.05, 0.1) is 12.1 Å². The van der Waals surface area contributed by atoms with E-state index in [0.29, 0.717) is 29.8 Å². The van der Waals surface area contributed by atoms with E-state index in [4.69, 9.17) is 0 Å². The summed E-state index contributed by atoms with van der Waals surface area (Å²) in [6.45, 7) is 0. The summed E-state index contributed by atoms with van der Waals surface area (Å²) in [7, 11) is 0. The Labute approximate surface area is 282 Å². The number of rotatable bonds is 5. The van der Waals surface area contributed by atoms with Crippen molar-refractivity contribution < 1.29 is 0 Å². The van der Waals surface area contributed by atoms with E-state index < -0.39 is 0 Å². The van der Waals surface area contributed by atoms with Crippen LogP contribution in [0.15, 0.2) is 137 Å². The number of anilines is 1. The van der Waals surface area contributed by atoms with Crippen molar-refractivity contribution in [3.05, 3.63) is 154 Å². The molecular formula is C46H49N. The summed E-state index contributed by atoms with van der Waals surface area (Å²) in [5.74, 6) is 1.44. The fourth-order valence-corrected chi connectivity index (χ4v) is 10.4. The lowest BCUT2D eigenvalue weighted by Gasteiger charge is -2.49. The molecule has 0 aromatic heterocycles. The maximum atomic E-state index is 2.83. The average Bonchev–Trinajstić information content (AvgIpc) is 3.15. The van der Waals surface area contributed by atoms with Crippen molar-refractivity contribution in [2.75, 3.05) is 4.90 Å². The van der Waals surface area contributed by atoms with Gasteiger partial charge < -0.3 is 4.90 Å². The third-order valence-corrected chi connectivity index (χ3v) is 12.5. The second-order valence-electron chi connectivity index (χ2n) is 15.0. The van der Waals surface area contributed by atoms with E-state index in [0.717, 1.165) is 6.42 Å². The number of para-hydroxylation sites is 1. The summed E-state index contributed by atoms with van der Waals surface area (Å²) in [6.07, 6.45) is 41.5. The lowest BCUT2D eigenvalue weighted by Crippen LogP contribution is -2.52. The summed E-state index contributed by atoms with van der Waals surface area (Å²) in [4.78, 5) is 2.83. The molecule has 7 aliphatic rings. The number of allylic oxidation sites excluding steroid dienone is 12. The van der Waals surface area contributed by atoms with Gasteiger partial charge in [-0.05, 0) is 146 Å². The average molecular weight is 616 g/mol. The number of hydrogen-bond acceptors (Lipinski definition) is 1. The molecule has 2 aromatic carbocycles. The Hall–Kier alpha value is -3.84. The predicted molar refractivity (Wildman–Crippen MR) is 198 cm³/mol. The molecule has 0 heterocycles. The first-order valence-electron chi connectivity index (χ1n) is 18.9. The molecule has 0 radical (unpaired) electrons. The van der Waals surface area contributed by atoms with E-state index in [2.05, 4.69) is 114 Å². The molecule has 0 amide bonds. The molecule has 5 unspecified atom stereocenters. The molecule has 7 aliphatic carbocycles. The highest BCUT2D eigenvalue weighted by Gasteiger charge is 2.42. The lowest BCUT2D eigenvalue weighted by molar-refractivity contribution is 0.365. The number of aryl methyl sites for hydroxylation is 1. The van der Waals surface area contributed by atoms with E-state index in [9.17, 15) is 0 Å². The van der Waals surface area contributed by atoms with E-state index >= 15 is 0 Å². The number of fused-ring (bicyclic) bond motifs is 3. The highest BCUT2D eigenvalue weighted by atomic mass is 15.2. The van der Waals surface area contributed by atoms with Crippen LogP contribution in [0.1, 0.15) is 87.3 Å². The Bertz CT molecular complexity index is 1780. The lowest BCUT2D eigenvalue weighted by atomic mass is 9.67. The van der Waals surface area contributed by atoms with Crippen LogP contribution in [-0.4, -0.2) is 12.1 Å². The molecule has 5 atom stereocenters. The van der Waals surface area contributed by atoms with Gasteiger partial charge >= 0.3 is 0 Å². The molecule has 0 N–H and O–H groups in total. The standard InChI is InChI=1S/C46H49N/c1-2-18-34(19-3-1)47(45-30-12-26-41-39(24-10-28-43(41)45)37-22-8-16-32-14-4-6-20-35(32)37)46-31-13-27-42-40(25-11-29-44(42)46)38-23-9-17-33-15-5-7-21-36(33)38/h1-3,8,10,12-13,16,18-19,22-25,27-28,30-31,41,43-46H,4-7,9,11,14-15,17,20-21,26,29H2. The van der Waals surface area contributed by atoms with Crippen molar-refractivity contribution >= 4 is 11.3 Å². The van der Waals surface area contributed by atoms with Gasteiger partial charge in [0.25, 0.3) is 0 Å². The Balaban J connectivity index is 1.07. The van der Waals surface area contributed by atoms with Crippen LogP contribution in [0.2, 0.25) is 0 Å². The van der Waals surface area contributed by atoms with Crippen LogP contribution in [-0.2, 0) is 12.8 Å². The molecule has 0 bridgehead atoms. The van der Waals surface area contributed by atoms with Gasteiger partial charge in [-0.15, -0.1) is 0 Å². The van der Waals surface area contributed by atoms with Crippen molar-refractivity contribution in [3.8, 4) is 0 Å². The topological polar surface area (TPSA) is 3.24 Å². The van der Waals surface area contributed by atoms with E-state index in [-0.39, 0.29) is 0 Å². The zero-order valence-electron chi connectivity index (χ0n) is 27.9. The maximum Gasteiger partial charge on any atom is 0.0551 e. The second-order valence-corrected chi connectivity index (χ2v) is 15.0. The van der Waals surface area contributed by atoms with Crippen molar-refractivity contribution in [2.45, 2.75) is 95.6 Å². The minimum atomic E-state index is 0.306. The Morgan fingerprint density at radius 2 is 1.45 bits per heavy atom. The molecule has 0 saturated heterocycles. The molecule has 9 rings (SSSR count). The number of hydrogen-bond donors (Lipinski definition) is 0. The fourth-order valence-electron chi connectivity index (χ4n) is 10.4. The first kappa shape index (κ1) is 29.3. The minimum absolute atomic E-state index is 0.306. The van der Waals surface area contributed by atoms with Crippen molar-refractivity contribution in [2.24, 2.45) is 17.8 Å². The van der Waals surface area contributed by atoms with Crippen molar-refractivity contribution in [3.63, 3.8) is 0 Å². The molecular weight excluding hydrogens is 567 g/mol. The highest BCUT2D eigenvalue weighted by Crippen LogP contribution is 2.49. The molecule has 1 nitrogen and oxygen atoms in total. The van der Waals surface area contributed by atoms with Crippen LogP contribution in [0.25, 0.3) is 5.57 Å². The van der Waals surface area contributed by atoms with Gasteiger partial charge in [0.2, 0.25) is 0 Å². The van der Waals surface area contributed by atoms with Gasteiger partial charge in [0.15, 0.2) is 0 Å². The summed E-state index contributed by atoms with van der Waals surface area (Å²) in [5.41, 5.74) is 15.9. The maximum absolute atomic E-state index is 2.83. The summed E-state index contributed by atoms with van der Waals surface area (Å²) in [5, 5.41) is 0. The van der Waals surface area contributed by atoms with Gasteiger partial charge in [-0.25, -0.2) is 0 Å². The summed E-state index contributed by atoms with van der Waals surface area (Å²) in [6, 6.07) is 19.2. The third-order valence-electron chi connectivity index (χ3n) is 12.5. The van der Waals surface area contributed by atoms with Gasteiger partial charge in [-0.3, -0.25) is 0 Å². The first-order chi connectivity index (χ1) is 23.3. The monoisotopic (exact) mass is 615 g/mol. The number of benzene rings is 2. The van der Waals surface area contributed by atoms with Crippen molar-refractivity contribution in [1.82, 2.24) is 0 Å². The van der Waals surface area contributed by atoms with E-state index in [1.165, 1.54) is 88.3 Å². The van der Waals surface area contributed by atoms with Crippen LogP contribution in [0.5, 0.6) is 0 Å². The van der Waals surface area contributed by atoms with Gasteiger partial charge in [-0.2, -0.15) is 0 Å². The fraction of sp³-hybridized carbons (Fsp3) is 0.391. The molecule has 0 fully saturated rings. The smallest absolute Gasteiger partial charge is 0.0551 e. The van der Waals surface area contributed by atoms with Gasteiger partial charge in [-0.1, -0.05) is 103 Å². The normalized spacial score (nSPS) is 29.4. The number of nitrogens with zero attached hydrogens (tertiary/aromatic N) is 1. The van der Waals surface area contributed by atoms with Crippen LogP contribution >= 0.6 is 0 Å². The first-order valence-corrected chi connectivity index (χ1v) is 18.9. The molecule has 0 saturated carbocycles. The zero-order chi connectivity index (χ0) is 31.2. The van der Waals surface area contributed by atoms with Crippen LogP contribution in [0.4, 0.5) is 5.69 Å². The quantitative estimate of drug-likeness (QED) is 0.303.